The summed E-state index contributed by atoms with van der Waals surface area (Å²) in [7, 11) is 1.41. The fourth-order valence-electron chi connectivity index (χ4n) is 2.26. The number of rotatable bonds is 3. The van der Waals surface area contributed by atoms with Crippen molar-refractivity contribution in [1.82, 2.24) is 4.90 Å². The van der Waals surface area contributed by atoms with Crippen LogP contribution in [0.5, 0.6) is 11.5 Å². The Balaban J connectivity index is 2.24. The van der Waals surface area contributed by atoms with Gasteiger partial charge in [-0.3, -0.25) is 4.79 Å². The molecule has 0 spiro atoms. The van der Waals surface area contributed by atoms with Gasteiger partial charge in [-0.1, -0.05) is 0 Å². The maximum absolute atomic E-state index is 12.2. The van der Waals surface area contributed by atoms with Gasteiger partial charge in [-0.25, -0.2) is 4.79 Å². The third kappa shape index (κ3) is 2.47. The summed E-state index contributed by atoms with van der Waals surface area (Å²) in [6, 6.07) is 3.50. The number of carboxylic acids is 1. The lowest BCUT2D eigenvalue weighted by molar-refractivity contribution is -0.141. The van der Waals surface area contributed by atoms with Gasteiger partial charge in [-0.2, -0.15) is 0 Å². The first kappa shape index (κ1) is 13.2. The number of carboxylic acid groups (broad SMARTS) is 1. The molecule has 0 saturated carbocycles. The number of likely N-dealkylation sites (tertiary alicyclic amines) is 1. The van der Waals surface area contributed by atoms with Crippen LogP contribution in [0.1, 0.15) is 23.2 Å². The molecule has 6 nitrogen and oxygen atoms in total. The highest BCUT2D eigenvalue weighted by Crippen LogP contribution is 2.28. The monoisotopic (exact) mass is 265 g/mol. The third-order valence-corrected chi connectivity index (χ3v) is 3.22. The standard InChI is InChI=1S/C13H15NO5/c1-19-11-5-4-8(7-10(11)15)12(16)14-6-2-3-9(14)13(17)18/h4-5,7,9,15H,2-3,6H2,1H3,(H,17,18)/t9-/m1/s1. The average molecular weight is 265 g/mol. The SMILES string of the molecule is COc1ccc(C(=O)N2CCC[C@@H]2C(=O)O)cc1O. The lowest BCUT2D eigenvalue weighted by Crippen LogP contribution is -2.40. The predicted molar refractivity (Wildman–Crippen MR) is 66.4 cm³/mol. The molecule has 2 rings (SSSR count). The number of hydrogen-bond donors (Lipinski definition) is 2. The molecule has 19 heavy (non-hydrogen) atoms. The fourth-order valence-corrected chi connectivity index (χ4v) is 2.26. The number of benzene rings is 1. The number of amides is 1. The van der Waals surface area contributed by atoms with Gasteiger partial charge in [0.15, 0.2) is 11.5 Å². The molecule has 1 fully saturated rings. The number of aromatic hydroxyl groups is 1. The van der Waals surface area contributed by atoms with E-state index in [4.69, 9.17) is 9.84 Å². The highest BCUT2D eigenvalue weighted by atomic mass is 16.5. The van der Waals surface area contributed by atoms with Gasteiger partial charge >= 0.3 is 5.97 Å². The van der Waals surface area contributed by atoms with E-state index in [1.165, 1.54) is 30.2 Å². The lowest BCUT2D eigenvalue weighted by atomic mass is 10.1. The van der Waals surface area contributed by atoms with Gasteiger partial charge in [0.2, 0.25) is 0 Å². The first-order chi connectivity index (χ1) is 9.04. The van der Waals surface area contributed by atoms with Crippen molar-refractivity contribution in [2.24, 2.45) is 0 Å². The van der Waals surface area contributed by atoms with Crippen LogP contribution in [0.25, 0.3) is 0 Å². The van der Waals surface area contributed by atoms with Crippen molar-refractivity contribution in [2.75, 3.05) is 13.7 Å². The highest BCUT2D eigenvalue weighted by molar-refractivity contribution is 5.97. The minimum absolute atomic E-state index is 0.139. The Morgan fingerprint density at radius 1 is 1.42 bits per heavy atom. The van der Waals surface area contributed by atoms with Crippen LogP contribution in [0.3, 0.4) is 0 Å². The molecule has 1 aromatic rings. The van der Waals surface area contributed by atoms with E-state index in [1.54, 1.807) is 0 Å². The molecule has 1 saturated heterocycles. The van der Waals surface area contributed by atoms with Crippen LogP contribution in [0.15, 0.2) is 18.2 Å². The molecule has 102 valence electrons. The molecule has 1 heterocycles. The Morgan fingerprint density at radius 2 is 2.16 bits per heavy atom. The van der Waals surface area contributed by atoms with Crippen LogP contribution in [-0.4, -0.2) is 46.7 Å². The molecule has 0 radical (unpaired) electrons. The van der Waals surface area contributed by atoms with Crippen LogP contribution in [0, 0.1) is 0 Å². The summed E-state index contributed by atoms with van der Waals surface area (Å²) < 4.78 is 4.90. The van der Waals surface area contributed by atoms with E-state index in [1.807, 2.05) is 0 Å². The molecular formula is C13H15NO5. The molecule has 0 bridgehead atoms. The summed E-state index contributed by atoms with van der Waals surface area (Å²) in [4.78, 5) is 24.6. The van der Waals surface area contributed by atoms with Gasteiger partial charge in [0.05, 0.1) is 7.11 Å². The zero-order valence-electron chi connectivity index (χ0n) is 10.5. The van der Waals surface area contributed by atoms with E-state index < -0.39 is 12.0 Å². The number of ether oxygens (including phenoxy) is 1. The number of phenolic OH excluding ortho intramolecular Hbond substituents is 1. The molecule has 1 amide bonds. The van der Waals surface area contributed by atoms with Gasteiger partial charge in [-0.05, 0) is 31.0 Å². The average Bonchev–Trinajstić information content (AvgIpc) is 2.87. The van der Waals surface area contributed by atoms with E-state index in [-0.39, 0.29) is 23.0 Å². The van der Waals surface area contributed by atoms with Crippen LogP contribution >= 0.6 is 0 Å². The fraction of sp³-hybridized carbons (Fsp3) is 0.385. The number of nitrogens with zero attached hydrogens (tertiary/aromatic N) is 1. The Morgan fingerprint density at radius 3 is 2.74 bits per heavy atom. The summed E-state index contributed by atoms with van der Waals surface area (Å²) in [6.07, 6.45) is 1.13. The lowest BCUT2D eigenvalue weighted by Gasteiger charge is -2.21. The smallest absolute Gasteiger partial charge is 0.326 e. The first-order valence-electron chi connectivity index (χ1n) is 5.95. The second-order valence-corrected chi connectivity index (χ2v) is 4.38. The number of aliphatic carboxylic acids is 1. The Labute approximate surface area is 110 Å². The van der Waals surface area contributed by atoms with E-state index in [2.05, 4.69) is 0 Å². The quantitative estimate of drug-likeness (QED) is 0.854. The molecule has 0 aliphatic carbocycles. The maximum Gasteiger partial charge on any atom is 0.326 e. The van der Waals surface area contributed by atoms with E-state index in [0.717, 1.165) is 0 Å². The summed E-state index contributed by atoms with van der Waals surface area (Å²) in [5.74, 6) is -1.25. The summed E-state index contributed by atoms with van der Waals surface area (Å²) in [5.41, 5.74) is 0.256. The molecular weight excluding hydrogens is 250 g/mol. The van der Waals surface area contributed by atoms with Crippen LogP contribution in [-0.2, 0) is 4.79 Å². The van der Waals surface area contributed by atoms with Crippen molar-refractivity contribution in [1.29, 1.82) is 0 Å². The van der Waals surface area contributed by atoms with E-state index >= 15 is 0 Å². The molecule has 1 aromatic carbocycles. The van der Waals surface area contributed by atoms with Crippen molar-refractivity contribution in [3.63, 3.8) is 0 Å². The summed E-state index contributed by atoms with van der Waals surface area (Å²) in [6.45, 7) is 0.419. The first-order valence-corrected chi connectivity index (χ1v) is 5.95. The highest BCUT2D eigenvalue weighted by Gasteiger charge is 2.34. The number of phenols is 1. The molecule has 0 aromatic heterocycles. The second-order valence-electron chi connectivity index (χ2n) is 4.38. The Hall–Kier alpha value is -2.24. The number of hydrogen-bond acceptors (Lipinski definition) is 4. The van der Waals surface area contributed by atoms with Crippen molar-refractivity contribution >= 4 is 11.9 Å². The topological polar surface area (TPSA) is 87.1 Å². The van der Waals surface area contributed by atoms with Crippen LogP contribution in [0.4, 0.5) is 0 Å². The summed E-state index contributed by atoms with van der Waals surface area (Å²) >= 11 is 0. The molecule has 6 heteroatoms. The number of methoxy groups -OCH3 is 1. The minimum Gasteiger partial charge on any atom is -0.504 e. The predicted octanol–water partition coefficient (Wildman–Crippen LogP) is 1.09. The van der Waals surface area contributed by atoms with Gasteiger partial charge in [0, 0.05) is 12.1 Å². The van der Waals surface area contributed by atoms with Crippen molar-refractivity contribution < 1.29 is 24.5 Å². The van der Waals surface area contributed by atoms with E-state index in [0.29, 0.717) is 19.4 Å². The van der Waals surface area contributed by atoms with Crippen molar-refractivity contribution in [2.45, 2.75) is 18.9 Å². The van der Waals surface area contributed by atoms with Crippen LogP contribution in [0.2, 0.25) is 0 Å². The van der Waals surface area contributed by atoms with Gasteiger partial charge in [0.25, 0.3) is 5.91 Å². The molecule has 0 unspecified atom stereocenters. The second kappa shape index (κ2) is 5.17. The van der Waals surface area contributed by atoms with E-state index in [9.17, 15) is 14.7 Å². The van der Waals surface area contributed by atoms with Crippen LogP contribution < -0.4 is 4.74 Å². The van der Waals surface area contributed by atoms with Gasteiger partial charge < -0.3 is 19.8 Å². The maximum atomic E-state index is 12.2. The van der Waals surface area contributed by atoms with Crippen molar-refractivity contribution in [3.05, 3.63) is 23.8 Å². The summed E-state index contributed by atoms with van der Waals surface area (Å²) in [5, 5.41) is 18.7. The molecule has 1 aliphatic rings. The zero-order valence-corrected chi connectivity index (χ0v) is 10.5. The molecule has 1 atom stereocenters. The Kier molecular flexibility index (Phi) is 3.59. The van der Waals surface area contributed by atoms with Gasteiger partial charge in [0.1, 0.15) is 6.04 Å². The van der Waals surface area contributed by atoms with Crippen molar-refractivity contribution in [3.8, 4) is 11.5 Å². The molecule has 1 aliphatic heterocycles. The molecule has 2 N–H and O–H groups in total. The largest absolute Gasteiger partial charge is 0.504 e. The Bertz CT molecular complexity index is 514. The third-order valence-electron chi connectivity index (χ3n) is 3.22. The normalized spacial score (nSPS) is 18.4. The zero-order chi connectivity index (χ0) is 14.0. The minimum atomic E-state index is -0.997. The van der Waals surface area contributed by atoms with Gasteiger partial charge in [-0.15, -0.1) is 0 Å². The number of carbonyl (C=O) groups excluding carboxylic acids is 1. The number of carbonyl (C=O) groups is 2.